The summed E-state index contributed by atoms with van der Waals surface area (Å²) in [5, 5.41) is 0. The minimum Gasteiger partial charge on any atom is -0.298 e. The van der Waals surface area contributed by atoms with Gasteiger partial charge < -0.3 is 0 Å². The molecule has 0 radical (unpaired) electrons. The van der Waals surface area contributed by atoms with E-state index in [1.165, 1.54) is 0 Å². The summed E-state index contributed by atoms with van der Waals surface area (Å²) < 4.78 is 5.63. The number of nitrogens with zero attached hydrogens (tertiary/aromatic N) is 1. The average Bonchev–Trinajstić information content (AvgIpc) is 1.74. The molecular formula is H2N2P2S. The molecule has 2 rings (SSSR count). The molecule has 0 fully saturated rings. The van der Waals surface area contributed by atoms with E-state index in [1.807, 2.05) is 11.1 Å². The second-order valence-electron chi connectivity index (χ2n) is 0.851. The van der Waals surface area contributed by atoms with Crippen LogP contribution in [0.4, 0.5) is 0 Å². The minimum absolute atomic E-state index is 0.261. The van der Waals surface area contributed by atoms with Crippen LogP contribution in [0.25, 0.3) is 0 Å². The molecule has 2 heterocycles. The summed E-state index contributed by atoms with van der Waals surface area (Å²) in [5.41, 5.74) is 0. The van der Waals surface area contributed by atoms with Gasteiger partial charge in [-0.2, -0.15) is 0 Å². The van der Waals surface area contributed by atoms with Gasteiger partial charge in [0.1, 0.15) is 6.84 Å². The van der Waals surface area contributed by atoms with Gasteiger partial charge in [0, 0.05) is 19.6 Å². The number of nitrogens with one attached hydrogen (secondary N) is 1. The van der Waals surface area contributed by atoms with E-state index in [0.717, 1.165) is 8.51 Å². The predicted octanol–water partition coefficient (Wildman–Crippen LogP) is 1.64. The van der Waals surface area contributed by atoms with Crippen LogP contribution in [0.5, 0.6) is 0 Å². The Balaban J connectivity index is 3.29. The van der Waals surface area contributed by atoms with Crippen molar-refractivity contribution in [2.24, 2.45) is 0 Å². The molecule has 2 aromatic rings. The van der Waals surface area contributed by atoms with Crippen LogP contribution < -0.4 is 0 Å². The molecule has 0 aromatic carbocycles. The maximum absolute atomic E-state index is 3.26. The van der Waals surface area contributed by atoms with E-state index in [2.05, 4.69) is 7.82 Å². The molecule has 2 aromatic heterocycles. The van der Waals surface area contributed by atoms with Crippen LogP contribution >= 0.6 is 26.5 Å². The molecule has 1 N–H and O–H groups in total. The average molecular weight is 124 g/mol. The van der Waals surface area contributed by atoms with Crippen molar-refractivity contribution in [3.8, 4) is 0 Å². The largest absolute Gasteiger partial charge is 0.298 e. The topological polar surface area (TPSA) is 20.2 Å². The van der Waals surface area contributed by atoms with Crippen molar-refractivity contribution in [3.63, 3.8) is 0 Å². The quantitative estimate of drug-likeness (QED) is 0.551. The van der Waals surface area contributed by atoms with E-state index in [-0.39, 0.29) is 6.84 Å². The molecule has 5 heteroatoms. The number of hydrogen-bond acceptors (Lipinski definition) is 1. The number of rotatable bonds is 0. The lowest BCUT2D eigenvalue weighted by molar-refractivity contribution is 1.66. The molecule has 0 spiro atoms. The second-order valence-corrected chi connectivity index (χ2v) is 6.39. The molecule has 28 valence electrons. The summed E-state index contributed by atoms with van der Waals surface area (Å²) in [6.45, 7) is 0.261. The minimum atomic E-state index is 0.261. The van der Waals surface area contributed by atoms with Crippen LogP contribution in [0, 0.1) is 0 Å². The fourth-order valence-electron chi connectivity index (χ4n) is 0.229. The third-order valence-electron chi connectivity index (χ3n) is 0.536. The van der Waals surface area contributed by atoms with Gasteiger partial charge >= 0.3 is 0 Å². The van der Waals surface area contributed by atoms with E-state index >= 15 is 0 Å². The SMILES string of the molecule is [nH]1[pH]n2sp12. The molecule has 0 aliphatic heterocycles. The molecule has 2 unspecified atom stereocenters. The van der Waals surface area contributed by atoms with E-state index < -0.39 is 0 Å². The van der Waals surface area contributed by atoms with Gasteiger partial charge in [-0.05, 0) is 0 Å². The number of aromatic amines is 1. The summed E-state index contributed by atoms with van der Waals surface area (Å²) in [4.78, 5) is 0. The molecule has 2 nitrogen and oxygen atoms in total. The highest BCUT2D eigenvalue weighted by Gasteiger charge is 1.99. The maximum atomic E-state index is 3.26. The second kappa shape index (κ2) is 0.583. The molecule has 0 aliphatic carbocycles. The molecule has 0 aliphatic rings. The van der Waals surface area contributed by atoms with Gasteiger partial charge in [0.15, 0.2) is 0 Å². The van der Waals surface area contributed by atoms with Gasteiger partial charge in [-0.1, -0.05) is 0 Å². The van der Waals surface area contributed by atoms with Gasteiger partial charge in [0.2, 0.25) is 0 Å². The van der Waals surface area contributed by atoms with Crippen LogP contribution in [0.1, 0.15) is 0 Å². The maximum Gasteiger partial charge on any atom is 0.149 e. The highest BCUT2D eigenvalue weighted by Crippen LogP contribution is 2.44. The zero-order valence-electron chi connectivity index (χ0n) is 2.30. The number of hydrogen-bond donors (Lipinski definition) is 1. The van der Waals surface area contributed by atoms with E-state index in [0.29, 0.717) is 0 Å². The first-order chi connectivity index (χ1) is 2.47. The van der Waals surface area contributed by atoms with Crippen LogP contribution in [0.3, 0.4) is 0 Å². The van der Waals surface area contributed by atoms with E-state index in [9.17, 15) is 0 Å². The lowest BCUT2D eigenvalue weighted by Gasteiger charge is -1.72. The van der Waals surface area contributed by atoms with Crippen molar-refractivity contribution < 1.29 is 0 Å². The highest BCUT2D eigenvalue weighted by atomic mass is 32.6. The molecule has 0 amide bonds. The Morgan fingerprint density at radius 3 is 2.80 bits per heavy atom. The Kier molecular flexibility index (Phi) is 0.299. The monoisotopic (exact) mass is 124 g/mol. The third kappa shape index (κ3) is 0.198. The predicted molar refractivity (Wildman–Crippen MR) is 27.3 cm³/mol. The first-order valence-corrected chi connectivity index (χ1v) is 4.88. The van der Waals surface area contributed by atoms with Gasteiger partial charge in [0.25, 0.3) is 0 Å². The van der Waals surface area contributed by atoms with Gasteiger partial charge in [0.05, 0.1) is 0 Å². The van der Waals surface area contributed by atoms with Gasteiger partial charge in [-0.25, -0.2) is 3.32 Å². The van der Waals surface area contributed by atoms with Crippen LogP contribution in [-0.4, -0.2) is 7.82 Å². The first-order valence-electron chi connectivity index (χ1n) is 1.26. The van der Waals surface area contributed by atoms with Crippen molar-refractivity contribution in [2.75, 3.05) is 0 Å². The van der Waals surface area contributed by atoms with E-state index in [1.54, 1.807) is 0 Å². The van der Waals surface area contributed by atoms with Crippen LogP contribution in [0.15, 0.2) is 0 Å². The lowest BCUT2D eigenvalue weighted by atomic mass is 13.8. The van der Waals surface area contributed by atoms with E-state index in [4.69, 9.17) is 0 Å². The number of aromatic nitrogens is 2. The summed E-state index contributed by atoms with van der Waals surface area (Å²) in [7, 11) is 0.944. The van der Waals surface area contributed by atoms with Crippen molar-refractivity contribution in [1.29, 1.82) is 0 Å². The summed E-state index contributed by atoms with van der Waals surface area (Å²) >= 11 is 1.96. The Labute approximate surface area is 35.0 Å². The fraction of sp³-hybridized carbons (Fsp3) is 0. The number of fused-ring (bicyclic) bond motifs is 1. The summed E-state index contributed by atoms with van der Waals surface area (Å²) in [6.07, 6.45) is 0. The molecule has 5 heavy (non-hydrogen) atoms. The van der Waals surface area contributed by atoms with Crippen molar-refractivity contribution in [1.82, 2.24) is 7.82 Å². The Morgan fingerprint density at radius 1 is 2.00 bits per heavy atom. The molecule has 2 atom stereocenters. The van der Waals surface area contributed by atoms with Crippen molar-refractivity contribution >= 4 is 26.5 Å². The standard InChI is InChI=1S/H2N2P2S/c1-3-2-4(1)5-2/h1,3H. The zero-order chi connectivity index (χ0) is 3.28. The smallest absolute Gasteiger partial charge is 0.149 e. The number of H-pyrrole nitrogens is 1. The zero-order valence-corrected chi connectivity index (χ0v) is 5.01. The van der Waals surface area contributed by atoms with Crippen molar-refractivity contribution in [3.05, 3.63) is 0 Å². The van der Waals surface area contributed by atoms with Crippen molar-refractivity contribution in [2.45, 2.75) is 0 Å². The van der Waals surface area contributed by atoms with Gasteiger partial charge in [-0.15, -0.1) is 0 Å². The highest BCUT2D eigenvalue weighted by molar-refractivity contribution is 8.00. The Bertz CT molecular complexity index is 159. The molecule has 0 bridgehead atoms. The van der Waals surface area contributed by atoms with Gasteiger partial charge in [-0.3, -0.25) is 4.51 Å². The summed E-state index contributed by atoms with van der Waals surface area (Å²) in [6, 6.07) is 0. The summed E-state index contributed by atoms with van der Waals surface area (Å²) in [5.74, 6) is 0. The molecular weight excluding hydrogens is 122 g/mol. The Morgan fingerprint density at radius 2 is 2.80 bits per heavy atom. The third-order valence-corrected chi connectivity index (χ3v) is 7.12. The van der Waals surface area contributed by atoms with Crippen LogP contribution in [-0.2, 0) is 0 Å². The molecule has 0 saturated heterocycles. The first kappa shape index (κ1) is 2.57. The normalized spacial score (nSPS) is 17.2. The Hall–Kier alpha value is 0.420. The lowest BCUT2D eigenvalue weighted by Crippen LogP contribution is -1.48. The van der Waals surface area contributed by atoms with Crippen LogP contribution in [0.2, 0.25) is 0 Å². The molecule has 0 saturated carbocycles. The fourth-order valence-corrected chi connectivity index (χ4v) is 5.29.